The molecule has 0 aliphatic heterocycles. The molecule has 1 saturated carbocycles. The minimum atomic E-state index is 0.415. The molecule has 0 atom stereocenters. The molecule has 9 nitrogen and oxygen atoms in total. The molecule has 1 N–H and O–H groups in total. The van der Waals surface area contributed by atoms with E-state index in [-0.39, 0.29) is 0 Å². The largest absolute Gasteiger partial charge is 0.497 e. The third-order valence-corrected chi connectivity index (χ3v) is 7.00. The number of rotatable bonds is 9. The van der Waals surface area contributed by atoms with Gasteiger partial charge in [0.1, 0.15) is 5.75 Å². The summed E-state index contributed by atoms with van der Waals surface area (Å²) in [6.45, 7) is 0.596. The number of hydrogen-bond acceptors (Lipinski definition) is 8. The summed E-state index contributed by atoms with van der Waals surface area (Å²) in [4.78, 5) is 0. The van der Waals surface area contributed by atoms with E-state index in [1.165, 1.54) is 19.3 Å². The van der Waals surface area contributed by atoms with Crippen LogP contribution in [0.3, 0.4) is 0 Å². The molecule has 0 amide bonds. The summed E-state index contributed by atoms with van der Waals surface area (Å²) in [6, 6.07) is 18.3. The van der Waals surface area contributed by atoms with Crippen molar-refractivity contribution in [2.24, 2.45) is 0 Å². The lowest BCUT2D eigenvalue weighted by molar-refractivity contribution is 0.330. The second kappa shape index (κ2) is 10.7. The van der Waals surface area contributed by atoms with Gasteiger partial charge in [0.15, 0.2) is 16.8 Å². The van der Waals surface area contributed by atoms with Gasteiger partial charge in [0.05, 0.1) is 25.1 Å². The van der Waals surface area contributed by atoms with Crippen LogP contribution in [0.2, 0.25) is 0 Å². The van der Waals surface area contributed by atoms with Crippen molar-refractivity contribution < 1.29 is 4.74 Å². The highest BCUT2D eigenvalue weighted by Crippen LogP contribution is 2.33. The summed E-state index contributed by atoms with van der Waals surface area (Å²) in [5.41, 5.74) is 1.94. The molecule has 4 aromatic rings. The topological polar surface area (TPSA) is 95.6 Å². The third kappa shape index (κ3) is 5.06. The van der Waals surface area contributed by atoms with Crippen molar-refractivity contribution in [3.63, 3.8) is 0 Å². The zero-order chi connectivity index (χ0) is 23.2. The Kier molecular flexibility index (Phi) is 7.04. The molecule has 0 unspecified atom stereocenters. The Hall–Kier alpha value is -3.40. The van der Waals surface area contributed by atoms with Gasteiger partial charge >= 0.3 is 0 Å². The van der Waals surface area contributed by atoms with E-state index in [1.807, 2.05) is 54.6 Å². The van der Waals surface area contributed by atoms with Gasteiger partial charge in [-0.2, -0.15) is 4.68 Å². The van der Waals surface area contributed by atoms with Gasteiger partial charge in [-0.15, -0.1) is 15.3 Å². The Morgan fingerprint density at radius 3 is 2.65 bits per heavy atom. The number of tetrazole rings is 1. The smallest absolute Gasteiger partial charge is 0.191 e. The first-order valence-corrected chi connectivity index (χ1v) is 12.6. The van der Waals surface area contributed by atoms with E-state index in [2.05, 4.69) is 35.6 Å². The van der Waals surface area contributed by atoms with Crippen molar-refractivity contribution >= 4 is 17.4 Å². The highest BCUT2D eigenvalue weighted by Gasteiger charge is 2.23. The molecule has 1 aliphatic carbocycles. The minimum Gasteiger partial charge on any atom is -0.497 e. The van der Waals surface area contributed by atoms with Crippen LogP contribution < -0.4 is 10.1 Å². The van der Waals surface area contributed by atoms with E-state index in [0.29, 0.717) is 18.3 Å². The van der Waals surface area contributed by atoms with Crippen LogP contribution in [0.4, 0.5) is 5.69 Å². The summed E-state index contributed by atoms with van der Waals surface area (Å²) in [6.07, 6.45) is 6.08. The Morgan fingerprint density at radius 1 is 0.971 bits per heavy atom. The number of para-hydroxylation sites is 1. The van der Waals surface area contributed by atoms with E-state index in [4.69, 9.17) is 4.74 Å². The Bertz CT molecular complexity index is 1200. The van der Waals surface area contributed by atoms with Gasteiger partial charge in [-0.25, -0.2) is 0 Å². The van der Waals surface area contributed by atoms with Gasteiger partial charge in [-0.3, -0.25) is 0 Å². The highest BCUT2D eigenvalue weighted by molar-refractivity contribution is 7.98. The molecular weight excluding hydrogens is 448 g/mol. The second-order valence-corrected chi connectivity index (χ2v) is 9.22. The van der Waals surface area contributed by atoms with Crippen molar-refractivity contribution in [1.29, 1.82) is 0 Å². The highest BCUT2D eigenvalue weighted by atomic mass is 32.2. The maximum atomic E-state index is 5.34. The fourth-order valence-electron chi connectivity index (χ4n) is 4.34. The Balaban J connectivity index is 1.35. The lowest BCUT2D eigenvalue weighted by atomic mass is 9.95. The van der Waals surface area contributed by atoms with Crippen LogP contribution in [-0.2, 0) is 12.3 Å². The van der Waals surface area contributed by atoms with Gasteiger partial charge in [0.2, 0.25) is 0 Å². The summed E-state index contributed by atoms with van der Waals surface area (Å²) in [5.74, 6) is 3.16. The molecule has 5 rings (SSSR count). The van der Waals surface area contributed by atoms with Gasteiger partial charge in [-0.1, -0.05) is 55.3 Å². The number of ether oxygens (including phenoxy) is 1. The van der Waals surface area contributed by atoms with Crippen LogP contribution in [0.1, 0.15) is 49.8 Å². The van der Waals surface area contributed by atoms with Crippen LogP contribution in [0.25, 0.3) is 5.69 Å². The standard InChI is InChI=1S/C24H28N8OS/c1-33-21-14-8-9-18(15-21)25-16-22-26-28-24(31(22)19-10-4-2-5-11-19)34-17-23-27-29-30-32(23)20-12-6-3-7-13-20/h3,6-9,12-15,19,25H,2,4-5,10-11,16-17H2,1H3. The first kappa shape index (κ1) is 22.4. The number of anilines is 1. The number of nitrogens with one attached hydrogen (secondary N) is 1. The van der Waals surface area contributed by atoms with Gasteiger partial charge in [-0.05, 0) is 47.5 Å². The quantitative estimate of drug-likeness (QED) is 0.348. The third-order valence-electron chi connectivity index (χ3n) is 6.06. The van der Waals surface area contributed by atoms with Crippen molar-refractivity contribution in [3.8, 4) is 11.4 Å². The molecular formula is C24H28N8OS. The fraction of sp³-hybridized carbons (Fsp3) is 0.375. The summed E-state index contributed by atoms with van der Waals surface area (Å²) in [7, 11) is 1.68. The number of nitrogens with zero attached hydrogens (tertiary/aromatic N) is 7. The molecule has 0 radical (unpaired) electrons. The predicted molar refractivity (Wildman–Crippen MR) is 131 cm³/mol. The maximum absolute atomic E-state index is 5.34. The van der Waals surface area contributed by atoms with E-state index < -0.39 is 0 Å². The molecule has 0 bridgehead atoms. The lowest BCUT2D eigenvalue weighted by Crippen LogP contribution is -2.18. The Labute approximate surface area is 202 Å². The lowest BCUT2D eigenvalue weighted by Gasteiger charge is -2.25. The first-order chi connectivity index (χ1) is 16.8. The summed E-state index contributed by atoms with van der Waals surface area (Å²) >= 11 is 1.63. The van der Waals surface area contributed by atoms with E-state index in [1.54, 1.807) is 23.6 Å². The SMILES string of the molecule is COc1cccc(NCc2nnc(SCc3nnnn3-c3ccccc3)n2C2CCCCC2)c1. The number of hydrogen-bond donors (Lipinski definition) is 1. The minimum absolute atomic E-state index is 0.415. The van der Waals surface area contributed by atoms with Crippen molar-refractivity contribution in [3.05, 3.63) is 66.2 Å². The van der Waals surface area contributed by atoms with Crippen molar-refractivity contribution in [2.45, 2.75) is 55.6 Å². The molecule has 176 valence electrons. The average molecular weight is 477 g/mol. The zero-order valence-corrected chi connectivity index (χ0v) is 20.0. The maximum Gasteiger partial charge on any atom is 0.191 e. The number of benzene rings is 2. The van der Waals surface area contributed by atoms with Crippen LogP contribution in [0.5, 0.6) is 5.75 Å². The first-order valence-electron chi connectivity index (χ1n) is 11.6. The number of thioether (sulfide) groups is 1. The molecule has 2 heterocycles. The van der Waals surface area contributed by atoms with E-state index in [9.17, 15) is 0 Å². The molecule has 0 spiro atoms. The van der Waals surface area contributed by atoms with Crippen molar-refractivity contribution in [2.75, 3.05) is 12.4 Å². The predicted octanol–water partition coefficient (Wildman–Crippen LogP) is 4.67. The zero-order valence-electron chi connectivity index (χ0n) is 19.2. The molecule has 0 saturated heterocycles. The van der Waals surface area contributed by atoms with Crippen LogP contribution in [-0.4, -0.2) is 42.1 Å². The molecule has 1 aliphatic rings. The normalized spacial score (nSPS) is 14.3. The second-order valence-electron chi connectivity index (χ2n) is 8.28. The fourth-order valence-corrected chi connectivity index (χ4v) is 5.27. The number of aromatic nitrogens is 7. The van der Waals surface area contributed by atoms with Gasteiger partial charge in [0, 0.05) is 17.8 Å². The molecule has 2 aromatic carbocycles. The molecule has 1 fully saturated rings. The van der Waals surface area contributed by atoms with Crippen molar-refractivity contribution in [1.82, 2.24) is 35.0 Å². The van der Waals surface area contributed by atoms with Gasteiger partial charge in [0.25, 0.3) is 0 Å². The molecule has 34 heavy (non-hydrogen) atoms. The molecule has 2 aromatic heterocycles. The number of methoxy groups -OCH3 is 1. The monoisotopic (exact) mass is 476 g/mol. The summed E-state index contributed by atoms with van der Waals surface area (Å²) in [5, 5.41) is 25.8. The Morgan fingerprint density at radius 2 is 1.82 bits per heavy atom. The van der Waals surface area contributed by atoms with E-state index in [0.717, 1.165) is 46.8 Å². The van der Waals surface area contributed by atoms with Crippen LogP contribution in [0, 0.1) is 0 Å². The van der Waals surface area contributed by atoms with Gasteiger partial charge < -0.3 is 14.6 Å². The molecule has 10 heteroatoms. The van der Waals surface area contributed by atoms with Crippen LogP contribution in [0.15, 0.2) is 59.8 Å². The average Bonchev–Trinajstić information content (AvgIpc) is 3.54. The summed E-state index contributed by atoms with van der Waals surface area (Å²) < 4.78 is 9.45. The van der Waals surface area contributed by atoms with E-state index >= 15 is 0 Å². The van der Waals surface area contributed by atoms with Crippen LogP contribution >= 0.6 is 11.8 Å².